The highest BCUT2D eigenvalue weighted by atomic mass is 19.1. The molecule has 4 heteroatoms. The number of primary amides is 1. The van der Waals surface area contributed by atoms with Gasteiger partial charge in [-0.25, -0.2) is 4.39 Å². The van der Waals surface area contributed by atoms with Crippen molar-refractivity contribution in [2.75, 3.05) is 11.4 Å². The predicted octanol–water partition coefficient (Wildman–Crippen LogP) is 1.45. The minimum absolute atomic E-state index is 0.229. The normalized spacial score (nSPS) is 16.8. The van der Waals surface area contributed by atoms with Crippen molar-refractivity contribution in [2.45, 2.75) is 25.8 Å². The third-order valence-electron chi connectivity index (χ3n) is 3.08. The van der Waals surface area contributed by atoms with Crippen molar-refractivity contribution in [2.24, 2.45) is 5.73 Å². The van der Waals surface area contributed by atoms with Gasteiger partial charge in [0.05, 0.1) is 0 Å². The number of carbonyl (C=O) groups excluding carboxylic acids is 1. The van der Waals surface area contributed by atoms with Gasteiger partial charge in [0.2, 0.25) is 5.91 Å². The Hall–Kier alpha value is -1.58. The van der Waals surface area contributed by atoms with Gasteiger partial charge in [-0.3, -0.25) is 4.79 Å². The number of hydrogen-bond acceptors (Lipinski definition) is 2. The Morgan fingerprint density at radius 1 is 1.56 bits per heavy atom. The molecule has 0 aromatic heterocycles. The summed E-state index contributed by atoms with van der Waals surface area (Å²) in [6, 6.07) is 4.34. The summed E-state index contributed by atoms with van der Waals surface area (Å²) < 4.78 is 13.1. The summed E-state index contributed by atoms with van der Waals surface area (Å²) in [6.07, 6.45) is 1.78. The minimum atomic E-state index is -0.350. The van der Waals surface area contributed by atoms with Crippen LogP contribution in [0.2, 0.25) is 0 Å². The second kappa shape index (κ2) is 4.12. The fraction of sp³-hybridized carbons (Fsp3) is 0.417. The Bertz CT molecular complexity index is 419. The second-order valence-corrected chi connectivity index (χ2v) is 4.15. The zero-order valence-electron chi connectivity index (χ0n) is 9.24. The number of halogens is 1. The Labute approximate surface area is 94.0 Å². The van der Waals surface area contributed by atoms with E-state index in [0.29, 0.717) is 0 Å². The maximum atomic E-state index is 13.1. The summed E-state index contributed by atoms with van der Waals surface area (Å²) >= 11 is 0. The lowest BCUT2D eigenvalue weighted by Gasteiger charge is -2.34. The number of carbonyl (C=O) groups is 1. The molecule has 2 N–H and O–H groups in total. The van der Waals surface area contributed by atoms with E-state index in [1.54, 1.807) is 13.0 Å². The predicted molar refractivity (Wildman–Crippen MR) is 60.7 cm³/mol. The molecule has 0 unspecified atom stereocenters. The van der Waals surface area contributed by atoms with Gasteiger partial charge in [0.15, 0.2) is 0 Å². The first-order chi connectivity index (χ1) is 7.59. The second-order valence-electron chi connectivity index (χ2n) is 4.15. The highest BCUT2D eigenvalue weighted by Gasteiger charge is 2.24. The largest absolute Gasteiger partial charge is 0.368 e. The molecule has 0 spiro atoms. The molecule has 1 atom stereocenters. The molecule has 1 aliphatic heterocycles. The lowest BCUT2D eigenvalue weighted by atomic mass is 10.00. The van der Waals surface area contributed by atoms with E-state index < -0.39 is 0 Å². The number of benzene rings is 1. The quantitative estimate of drug-likeness (QED) is 0.823. The van der Waals surface area contributed by atoms with Crippen LogP contribution in [0, 0.1) is 5.82 Å². The van der Waals surface area contributed by atoms with Gasteiger partial charge in [-0.05, 0) is 43.5 Å². The molecule has 1 amide bonds. The SMILES string of the molecule is C[C@@H](C(N)=O)N1CCCc2cc(F)ccc21. The number of nitrogens with two attached hydrogens (primary N) is 1. The third kappa shape index (κ3) is 1.87. The molecule has 0 saturated heterocycles. The Morgan fingerprint density at radius 2 is 2.31 bits per heavy atom. The summed E-state index contributed by atoms with van der Waals surface area (Å²) in [5.74, 6) is -0.579. The molecule has 3 nitrogen and oxygen atoms in total. The highest BCUT2D eigenvalue weighted by Crippen LogP contribution is 2.29. The van der Waals surface area contributed by atoms with Crippen LogP contribution in [-0.2, 0) is 11.2 Å². The van der Waals surface area contributed by atoms with Crippen LogP contribution < -0.4 is 10.6 Å². The zero-order chi connectivity index (χ0) is 11.7. The molecule has 16 heavy (non-hydrogen) atoms. The molecule has 86 valence electrons. The van der Waals surface area contributed by atoms with Crippen LogP contribution in [0.4, 0.5) is 10.1 Å². The fourth-order valence-electron chi connectivity index (χ4n) is 2.15. The molecule has 1 aromatic rings. The van der Waals surface area contributed by atoms with Gasteiger partial charge >= 0.3 is 0 Å². The zero-order valence-corrected chi connectivity index (χ0v) is 9.24. The van der Waals surface area contributed by atoms with Crippen molar-refractivity contribution in [3.8, 4) is 0 Å². The monoisotopic (exact) mass is 222 g/mol. The third-order valence-corrected chi connectivity index (χ3v) is 3.08. The molecule has 0 bridgehead atoms. The van der Waals surface area contributed by atoms with Crippen molar-refractivity contribution < 1.29 is 9.18 Å². The molecule has 0 aliphatic carbocycles. The van der Waals surface area contributed by atoms with E-state index in [1.165, 1.54) is 12.1 Å². The first kappa shape index (κ1) is 10.9. The van der Waals surface area contributed by atoms with Crippen LogP contribution in [0.5, 0.6) is 0 Å². The number of anilines is 1. The van der Waals surface area contributed by atoms with Crippen molar-refractivity contribution in [3.05, 3.63) is 29.6 Å². The van der Waals surface area contributed by atoms with Crippen LogP contribution in [-0.4, -0.2) is 18.5 Å². The highest BCUT2D eigenvalue weighted by molar-refractivity contribution is 5.83. The first-order valence-electron chi connectivity index (χ1n) is 5.44. The molecular formula is C12H15FN2O. The summed E-state index contributed by atoms with van der Waals surface area (Å²) in [6.45, 7) is 2.57. The summed E-state index contributed by atoms with van der Waals surface area (Å²) in [4.78, 5) is 13.1. The van der Waals surface area contributed by atoms with Gasteiger partial charge in [0.25, 0.3) is 0 Å². The molecule has 1 aromatic carbocycles. The van der Waals surface area contributed by atoms with E-state index in [0.717, 1.165) is 30.6 Å². The average molecular weight is 222 g/mol. The lowest BCUT2D eigenvalue weighted by Crippen LogP contribution is -2.45. The van der Waals surface area contributed by atoms with Gasteiger partial charge in [-0.15, -0.1) is 0 Å². The van der Waals surface area contributed by atoms with E-state index in [9.17, 15) is 9.18 Å². The Morgan fingerprint density at radius 3 is 3.00 bits per heavy atom. The van der Waals surface area contributed by atoms with Gasteiger partial charge in [0, 0.05) is 12.2 Å². The average Bonchev–Trinajstić information content (AvgIpc) is 2.26. The Kier molecular flexibility index (Phi) is 2.81. The van der Waals surface area contributed by atoms with Crippen molar-refractivity contribution in [1.82, 2.24) is 0 Å². The van der Waals surface area contributed by atoms with Crippen LogP contribution in [0.25, 0.3) is 0 Å². The maximum absolute atomic E-state index is 13.1. The summed E-state index contributed by atoms with van der Waals surface area (Å²) in [7, 11) is 0. The number of nitrogens with zero attached hydrogens (tertiary/aromatic N) is 1. The standard InChI is InChI=1S/C12H15FN2O/c1-8(12(14)16)15-6-2-3-9-7-10(13)4-5-11(9)15/h4-5,7-8H,2-3,6H2,1H3,(H2,14,16)/t8-/m0/s1. The number of rotatable bonds is 2. The topological polar surface area (TPSA) is 46.3 Å². The van der Waals surface area contributed by atoms with E-state index >= 15 is 0 Å². The van der Waals surface area contributed by atoms with Gasteiger partial charge < -0.3 is 10.6 Å². The number of amides is 1. The van der Waals surface area contributed by atoms with Crippen molar-refractivity contribution in [3.63, 3.8) is 0 Å². The van der Waals surface area contributed by atoms with Crippen molar-refractivity contribution >= 4 is 11.6 Å². The molecule has 0 fully saturated rings. The van der Waals surface area contributed by atoms with Crippen molar-refractivity contribution in [1.29, 1.82) is 0 Å². The first-order valence-corrected chi connectivity index (χ1v) is 5.44. The summed E-state index contributed by atoms with van der Waals surface area (Å²) in [5.41, 5.74) is 7.19. The fourth-order valence-corrected chi connectivity index (χ4v) is 2.15. The van der Waals surface area contributed by atoms with Gasteiger partial charge in [-0.1, -0.05) is 0 Å². The number of hydrogen-bond donors (Lipinski definition) is 1. The van der Waals surface area contributed by atoms with E-state index in [2.05, 4.69) is 0 Å². The molecular weight excluding hydrogens is 207 g/mol. The van der Waals surface area contributed by atoms with Crippen LogP contribution in [0.3, 0.4) is 0 Å². The number of aryl methyl sites for hydroxylation is 1. The van der Waals surface area contributed by atoms with E-state index in [-0.39, 0.29) is 17.8 Å². The molecule has 1 aliphatic rings. The minimum Gasteiger partial charge on any atom is -0.368 e. The smallest absolute Gasteiger partial charge is 0.239 e. The van der Waals surface area contributed by atoms with E-state index in [4.69, 9.17) is 5.73 Å². The molecule has 1 heterocycles. The van der Waals surface area contributed by atoms with Crippen LogP contribution in [0.15, 0.2) is 18.2 Å². The van der Waals surface area contributed by atoms with Crippen LogP contribution in [0.1, 0.15) is 18.9 Å². The Balaban J connectivity index is 2.36. The van der Waals surface area contributed by atoms with Gasteiger partial charge in [-0.2, -0.15) is 0 Å². The summed E-state index contributed by atoms with van der Waals surface area (Å²) in [5, 5.41) is 0. The van der Waals surface area contributed by atoms with Crippen LogP contribution >= 0.6 is 0 Å². The molecule has 0 radical (unpaired) electrons. The molecule has 2 rings (SSSR count). The molecule has 0 saturated carbocycles. The van der Waals surface area contributed by atoms with E-state index in [1.807, 2.05) is 4.90 Å². The number of fused-ring (bicyclic) bond motifs is 1. The van der Waals surface area contributed by atoms with Gasteiger partial charge in [0.1, 0.15) is 11.9 Å². The maximum Gasteiger partial charge on any atom is 0.239 e. The lowest BCUT2D eigenvalue weighted by molar-refractivity contribution is -0.119.